The maximum absolute atomic E-state index is 12.6. The molecule has 2 heterocycles. The first-order chi connectivity index (χ1) is 11.5. The minimum atomic E-state index is -0.355. The van der Waals surface area contributed by atoms with Crippen LogP contribution in [0, 0.1) is 23.7 Å². The summed E-state index contributed by atoms with van der Waals surface area (Å²) in [7, 11) is 1.57. The van der Waals surface area contributed by atoms with Gasteiger partial charge in [0.25, 0.3) is 0 Å². The van der Waals surface area contributed by atoms with Crippen molar-refractivity contribution in [2.75, 3.05) is 18.5 Å². The minimum absolute atomic E-state index is 0.146. The van der Waals surface area contributed by atoms with Crippen molar-refractivity contribution >= 4 is 35.1 Å². The van der Waals surface area contributed by atoms with E-state index in [1.807, 2.05) is 12.2 Å². The van der Waals surface area contributed by atoms with Crippen molar-refractivity contribution < 1.29 is 14.4 Å². The fourth-order valence-corrected chi connectivity index (χ4v) is 4.17. The van der Waals surface area contributed by atoms with Crippen LogP contribution in [0.3, 0.4) is 0 Å². The van der Waals surface area contributed by atoms with E-state index in [1.54, 1.807) is 19.2 Å². The second kappa shape index (κ2) is 5.41. The predicted octanol–water partition coefficient (Wildman–Crippen LogP) is 1.50. The second-order valence-corrected chi connectivity index (χ2v) is 6.99. The molecular formula is C17H16ClN3O3. The van der Waals surface area contributed by atoms with Gasteiger partial charge < -0.3 is 0 Å². The number of carbonyl (C=O) groups is 3. The maximum atomic E-state index is 12.6. The Balaban J connectivity index is 1.49. The summed E-state index contributed by atoms with van der Waals surface area (Å²) in [5, 5.41) is 0.472. The van der Waals surface area contributed by atoms with E-state index in [-0.39, 0.29) is 47.9 Å². The van der Waals surface area contributed by atoms with Crippen molar-refractivity contribution in [3.63, 3.8) is 0 Å². The first-order valence-electron chi connectivity index (χ1n) is 7.89. The van der Waals surface area contributed by atoms with Crippen LogP contribution in [0.5, 0.6) is 0 Å². The molecule has 3 aliphatic rings. The summed E-state index contributed by atoms with van der Waals surface area (Å²) in [5.74, 6) is -0.629. The van der Waals surface area contributed by atoms with Gasteiger partial charge in [-0.1, -0.05) is 23.8 Å². The van der Waals surface area contributed by atoms with Crippen LogP contribution in [0.2, 0.25) is 5.02 Å². The number of aromatic nitrogens is 1. The van der Waals surface area contributed by atoms with Gasteiger partial charge in [0.15, 0.2) is 0 Å². The molecular weight excluding hydrogens is 330 g/mol. The zero-order valence-electron chi connectivity index (χ0n) is 13.1. The number of fused-ring (bicyclic) bond motifs is 5. The Morgan fingerprint density at radius 2 is 1.88 bits per heavy atom. The van der Waals surface area contributed by atoms with Crippen LogP contribution in [0.25, 0.3) is 0 Å². The Hall–Kier alpha value is -2.21. The van der Waals surface area contributed by atoms with Gasteiger partial charge >= 0.3 is 0 Å². The van der Waals surface area contributed by atoms with Crippen LogP contribution in [-0.4, -0.2) is 41.2 Å². The highest BCUT2D eigenvalue weighted by Gasteiger charge is 2.59. The van der Waals surface area contributed by atoms with Crippen LogP contribution in [0.15, 0.2) is 30.5 Å². The van der Waals surface area contributed by atoms with Crippen molar-refractivity contribution in [2.45, 2.75) is 6.42 Å². The number of likely N-dealkylation sites (N-methyl/N-ethyl adjacent to an activating group) is 1. The highest BCUT2D eigenvalue weighted by molar-refractivity contribution is 6.30. The van der Waals surface area contributed by atoms with Crippen LogP contribution in [-0.2, 0) is 14.4 Å². The number of likely N-dealkylation sites (tertiary alicyclic amines) is 1. The van der Waals surface area contributed by atoms with Gasteiger partial charge in [-0.25, -0.2) is 4.98 Å². The molecule has 0 radical (unpaired) electrons. The van der Waals surface area contributed by atoms with E-state index < -0.39 is 0 Å². The monoisotopic (exact) mass is 345 g/mol. The lowest BCUT2D eigenvalue weighted by atomic mass is 9.85. The number of imide groups is 1. The highest BCUT2D eigenvalue weighted by atomic mass is 35.5. The molecule has 4 unspecified atom stereocenters. The zero-order chi connectivity index (χ0) is 17.0. The number of allylic oxidation sites excluding steroid dienone is 2. The number of nitrogens with zero attached hydrogens (tertiary/aromatic N) is 3. The summed E-state index contributed by atoms with van der Waals surface area (Å²) >= 11 is 5.79. The predicted molar refractivity (Wildman–Crippen MR) is 87.1 cm³/mol. The quantitative estimate of drug-likeness (QED) is 0.615. The van der Waals surface area contributed by atoms with Gasteiger partial charge in [0.1, 0.15) is 12.4 Å². The largest absolute Gasteiger partial charge is 0.298 e. The molecule has 2 fully saturated rings. The van der Waals surface area contributed by atoms with Gasteiger partial charge in [0.2, 0.25) is 17.7 Å². The van der Waals surface area contributed by atoms with Gasteiger partial charge in [-0.2, -0.15) is 0 Å². The number of amides is 3. The van der Waals surface area contributed by atoms with Crippen molar-refractivity contribution in [1.29, 1.82) is 0 Å². The second-order valence-electron chi connectivity index (χ2n) is 6.55. The SMILES string of the molecule is CN(C(=O)CN1C(=O)C2C3C=CC(C3)C2C1=O)c1ccc(Cl)cn1. The molecule has 1 saturated heterocycles. The van der Waals surface area contributed by atoms with Crippen LogP contribution in [0.4, 0.5) is 5.82 Å². The molecule has 7 heteroatoms. The van der Waals surface area contributed by atoms with Crippen LogP contribution in [0.1, 0.15) is 6.42 Å². The van der Waals surface area contributed by atoms with Gasteiger partial charge in [0, 0.05) is 13.2 Å². The third kappa shape index (κ3) is 2.17. The maximum Gasteiger partial charge on any atom is 0.248 e. The first-order valence-corrected chi connectivity index (χ1v) is 8.27. The van der Waals surface area contributed by atoms with Crippen molar-refractivity contribution in [1.82, 2.24) is 9.88 Å². The molecule has 2 aliphatic carbocycles. The molecule has 3 amide bonds. The summed E-state index contributed by atoms with van der Waals surface area (Å²) in [6.45, 7) is -0.245. The topological polar surface area (TPSA) is 70.6 Å². The van der Waals surface area contributed by atoms with Gasteiger partial charge in [-0.05, 0) is 30.4 Å². The standard InChI is InChI=1S/C17H16ClN3O3/c1-20(12-5-4-11(18)7-19-12)13(22)8-21-16(23)14-9-2-3-10(6-9)15(14)17(21)24/h2-5,7,9-10,14-15H,6,8H2,1H3. The van der Waals surface area contributed by atoms with E-state index in [9.17, 15) is 14.4 Å². The summed E-state index contributed by atoms with van der Waals surface area (Å²) < 4.78 is 0. The van der Waals surface area contributed by atoms with E-state index in [2.05, 4.69) is 4.98 Å². The molecule has 1 saturated carbocycles. The van der Waals surface area contributed by atoms with Crippen molar-refractivity contribution in [3.8, 4) is 0 Å². The van der Waals surface area contributed by atoms with Crippen LogP contribution < -0.4 is 4.90 Å². The fourth-order valence-electron chi connectivity index (χ4n) is 4.06. The molecule has 2 bridgehead atoms. The number of anilines is 1. The average Bonchev–Trinajstić information content (AvgIpc) is 3.24. The molecule has 1 aliphatic heterocycles. The number of carbonyl (C=O) groups excluding carboxylic acids is 3. The third-order valence-corrected chi connectivity index (χ3v) is 5.51. The van der Waals surface area contributed by atoms with Gasteiger partial charge in [-0.15, -0.1) is 0 Å². The first kappa shape index (κ1) is 15.3. The lowest BCUT2D eigenvalue weighted by Crippen LogP contribution is -2.42. The number of hydrogen-bond donors (Lipinski definition) is 0. The lowest BCUT2D eigenvalue weighted by molar-refractivity contribution is -0.143. The average molecular weight is 346 g/mol. The molecule has 4 atom stereocenters. The normalized spacial score (nSPS) is 30.2. The molecule has 6 nitrogen and oxygen atoms in total. The Bertz CT molecular complexity index is 731. The Morgan fingerprint density at radius 1 is 1.25 bits per heavy atom. The van der Waals surface area contributed by atoms with E-state index in [1.165, 1.54) is 11.1 Å². The molecule has 24 heavy (non-hydrogen) atoms. The van der Waals surface area contributed by atoms with E-state index in [4.69, 9.17) is 11.6 Å². The molecule has 0 N–H and O–H groups in total. The number of pyridine rings is 1. The summed E-state index contributed by atoms with van der Waals surface area (Å²) in [5.41, 5.74) is 0. The van der Waals surface area contributed by atoms with E-state index >= 15 is 0 Å². The minimum Gasteiger partial charge on any atom is -0.298 e. The third-order valence-electron chi connectivity index (χ3n) is 5.28. The number of halogens is 1. The number of hydrogen-bond acceptors (Lipinski definition) is 4. The van der Waals surface area contributed by atoms with E-state index in [0.29, 0.717) is 10.8 Å². The smallest absolute Gasteiger partial charge is 0.248 e. The molecule has 124 valence electrons. The summed E-state index contributed by atoms with van der Waals surface area (Å²) in [4.78, 5) is 44.2. The Labute approximate surface area is 144 Å². The van der Waals surface area contributed by atoms with Crippen LogP contribution >= 0.6 is 11.6 Å². The zero-order valence-corrected chi connectivity index (χ0v) is 13.8. The molecule has 0 aromatic carbocycles. The lowest BCUT2D eigenvalue weighted by Gasteiger charge is -2.21. The summed E-state index contributed by atoms with van der Waals surface area (Å²) in [6.07, 6.45) is 6.39. The van der Waals surface area contributed by atoms with E-state index in [0.717, 1.165) is 11.3 Å². The van der Waals surface area contributed by atoms with Crippen molar-refractivity contribution in [3.05, 3.63) is 35.5 Å². The fraction of sp³-hybridized carbons (Fsp3) is 0.412. The Morgan fingerprint density at radius 3 is 2.42 bits per heavy atom. The molecule has 4 rings (SSSR count). The highest BCUT2D eigenvalue weighted by Crippen LogP contribution is 2.52. The number of rotatable bonds is 3. The van der Waals surface area contributed by atoms with Gasteiger partial charge in [0.05, 0.1) is 16.9 Å². The van der Waals surface area contributed by atoms with Crippen molar-refractivity contribution in [2.24, 2.45) is 23.7 Å². The van der Waals surface area contributed by atoms with Gasteiger partial charge in [-0.3, -0.25) is 24.2 Å². The Kier molecular flexibility index (Phi) is 3.46. The summed E-state index contributed by atoms with van der Waals surface area (Å²) in [6, 6.07) is 3.25. The molecule has 1 aromatic rings. The molecule has 1 aromatic heterocycles. The molecule has 0 spiro atoms.